The Morgan fingerprint density at radius 3 is 2.91 bits per heavy atom. The van der Waals surface area contributed by atoms with Crippen molar-refractivity contribution in [3.8, 4) is 0 Å². The molecule has 1 aliphatic rings. The quantitative estimate of drug-likeness (QED) is 0.725. The van der Waals surface area contributed by atoms with Gasteiger partial charge in [-0.1, -0.05) is 25.8 Å². The molecule has 1 unspecified atom stereocenters. The van der Waals surface area contributed by atoms with Gasteiger partial charge < -0.3 is 4.90 Å². The summed E-state index contributed by atoms with van der Waals surface area (Å²) in [6.45, 7) is 11.2. The van der Waals surface area contributed by atoms with Gasteiger partial charge in [-0.05, 0) is 13.3 Å². The smallest absolute Gasteiger partial charge is 0.239 e. The van der Waals surface area contributed by atoms with Gasteiger partial charge in [0, 0.05) is 38.4 Å². The van der Waals surface area contributed by atoms with Crippen LogP contribution in [0.15, 0.2) is 18.9 Å². The molecule has 1 amide bonds. The van der Waals surface area contributed by atoms with Crippen LogP contribution in [0.4, 0.5) is 0 Å². The summed E-state index contributed by atoms with van der Waals surface area (Å²) in [5.74, 6) is 0.260. The normalized spacial score (nSPS) is 19.7. The average molecular weight is 304 g/mol. The Balaban J connectivity index is 2.11. The maximum atomic E-state index is 12.5. The fourth-order valence-corrected chi connectivity index (χ4v) is 3.01. The molecule has 0 saturated carbocycles. The Bertz CT molecular complexity index is 523. The van der Waals surface area contributed by atoms with Crippen LogP contribution in [0.25, 0.3) is 0 Å². The molecule has 2 rings (SSSR count). The van der Waals surface area contributed by atoms with E-state index in [0.717, 1.165) is 51.1 Å². The lowest BCUT2D eigenvalue weighted by Gasteiger charge is -2.39. The summed E-state index contributed by atoms with van der Waals surface area (Å²) in [7, 11) is 1.91. The van der Waals surface area contributed by atoms with E-state index in [9.17, 15) is 4.79 Å². The summed E-state index contributed by atoms with van der Waals surface area (Å²) in [6, 6.07) is 0.0147. The van der Waals surface area contributed by atoms with Crippen LogP contribution >= 0.6 is 0 Å². The number of likely N-dealkylation sites (N-methyl/N-ethyl adjacent to an activating group) is 1. The molecule has 0 aromatic carbocycles. The summed E-state index contributed by atoms with van der Waals surface area (Å²) >= 11 is 0. The summed E-state index contributed by atoms with van der Waals surface area (Å²) in [5.41, 5.74) is 2.25. The molecule has 22 heavy (non-hydrogen) atoms. The third-order valence-corrected chi connectivity index (χ3v) is 4.39. The minimum absolute atomic E-state index is 0.0147. The lowest BCUT2D eigenvalue weighted by Crippen LogP contribution is -2.55. The molecule has 0 aliphatic carbocycles. The summed E-state index contributed by atoms with van der Waals surface area (Å²) in [6.07, 6.45) is 7.09. The maximum absolute atomic E-state index is 12.5. The number of amides is 1. The Labute approximate surface area is 133 Å². The van der Waals surface area contributed by atoms with E-state index in [1.807, 2.05) is 29.6 Å². The van der Waals surface area contributed by atoms with E-state index in [2.05, 4.69) is 29.7 Å². The second-order valence-electron chi connectivity index (χ2n) is 6.14. The lowest BCUT2D eigenvalue weighted by molar-refractivity contribution is -0.140. The highest BCUT2D eigenvalue weighted by molar-refractivity contribution is 5.82. The predicted molar refractivity (Wildman–Crippen MR) is 88.5 cm³/mol. The number of hydrogen-bond acceptors (Lipinski definition) is 3. The van der Waals surface area contributed by atoms with E-state index in [1.165, 1.54) is 5.56 Å². The highest BCUT2D eigenvalue weighted by Crippen LogP contribution is 2.20. The highest BCUT2D eigenvalue weighted by Gasteiger charge is 2.32. The zero-order chi connectivity index (χ0) is 16.1. The minimum atomic E-state index is 0.0147. The molecule has 1 fully saturated rings. The summed E-state index contributed by atoms with van der Waals surface area (Å²) in [5, 5.41) is 4.51. The van der Waals surface area contributed by atoms with Gasteiger partial charge in [-0.25, -0.2) is 0 Å². The number of nitrogens with zero attached hydrogens (tertiary/aromatic N) is 4. The van der Waals surface area contributed by atoms with Crippen molar-refractivity contribution >= 4 is 5.91 Å². The van der Waals surface area contributed by atoms with Crippen LogP contribution in [0.1, 0.15) is 37.4 Å². The SMILES string of the molecule is C=CCn1cc(CN2CCN(C)C(=O)C2CCCC)c(C)n1. The number of unbranched alkanes of at least 4 members (excludes halogenated alkanes) is 1. The molecule has 2 heterocycles. The van der Waals surface area contributed by atoms with Gasteiger partial charge in [0.05, 0.1) is 18.3 Å². The highest BCUT2D eigenvalue weighted by atomic mass is 16.2. The zero-order valence-corrected chi connectivity index (χ0v) is 14.1. The standard InChI is InChI=1S/C17H28N4O/c1-5-7-8-16-17(22)19(4)10-11-20(16)12-15-13-21(9-6-2)18-14(15)3/h6,13,16H,2,5,7-12H2,1,3-4H3. The maximum Gasteiger partial charge on any atom is 0.239 e. The second-order valence-corrected chi connectivity index (χ2v) is 6.14. The van der Waals surface area contributed by atoms with Gasteiger partial charge >= 0.3 is 0 Å². The third-order valence-electron chi connectivity index (χ3n) is 4.39. The van der Waals surface area contributed by atoms with Gasteiger partial charge in [0.2, 0.25) is 5.91 Å². The topological polar surface area (TPSA) is 41.4 Å². The summed E-state index contributed by atoms with van der Waals surface area (Å²) in [4.78, 5) is 16.7. The van der Waals surface area contributed by atoms with Crippen molar-refractivity contribution in [2.75, 3.05) is 20.1 Å². The number of aryl methyl sites for hydroxylation is 1. The number of carbonyl (C=O) groups is 1. The molecule has 1 aromatic rings. The molecular weight excluding hydrogens is 276 g/mol. The number of piperazine rings is 1. The van der Waals surface area contributed by atoms with Crippen LogP contribution in [-0.2, 0) is 17.9 Å². The van der Waals surface area contributed by atoms with Crippen LogP contribution in [0.3, 0.4) is 0 Å². The first kappa shape index (κ1) is 16.7. The molecule has 0 radical (unpaired) electrons. The first-order chi connectivity index (χ1) is 10.6. The molecule has 1 aromatic heterocycles. The van der Waals surface area contributed by atoms with Gasteiger partial charge in [0.25, 0.3) is 0 Å². The van der Waals surface area contributed by atoms with Crippen LogP contribution in [-0.4, -0.2) is 51.7 Å². The Kier molecular flexibility index (Phi) is 5.77. The Hall–Kier alpha value is -1.62. The third kappa shape index (κ3) is 3.77. The average Bonchev–Trinajstić information content (AvgIpc) is 2.83. The van der Waals surface area contributed by atoms with Crippen molar-refractivity contribution < 1.29 is 4.79 Å². The van der Waals surface area contributed by atoms with Crippen molar-refractivity contribution in [2.24, 2.45) is 0 Å². The van der Waals surface area contributed by atoms with Gasteiger partial charge in [-0.3, -0.25) is 14.4 Å². The van der Waals surface area contributed by atoms with Crippen molar-refractivity contribution in [3.05, 3.63) is 30.1 Å². The first-order valence-corrected chi connectivity index (χ1v) is 8.19. The monoisotopic (exact) mass is 304 g/mol. The van der Waals surface area contributed by atoms with Gasteiger partial charge in [-0.2, -0.15) is 5.10 Å². The predicted octanol–water partition coefficient (Wildman–Crippen LogP) is 2.21. The molecule has 0 spiro atoms. The molecule has 5 nitrogen and oxygen atoms in total. The molecular formula is C17H28N4O. The van der Waals surface area contributed by atoms with Crippen molar-refractivity contribution in [3.63, 3.8) is 0 Å². The molecule has 122 valence electrons. The molecule has 1 saturated heterocycles. The van der Waals surface area contributed by atoms with Crippen LogP contribution in [0.2, 0.25) is 0 Å². The van der Waals surface area contributed by atoms with Crippen molar-refractivity contribution in [1.29, 1.82) is 0 Å². The fourth-order valence-electron chi connectivity index (χ4n) is 3.01. The molecule has 1 atom stereocenters. The van der Waals surface area contributed by atoms with E-state index in [-0.39, 0.29) is 11.9 Å². The Morgan fingerprint density at radius 1 is 1.45 bits per heavy atom. The number of allylic oxidation sites excluding steroid dienone is 1. The molecule has 0 N–H and O–H groups in total. The van der Waals surface area contributed by atoms with E-state index in [1.54, 1.807) is 0 Å². The van der Waals surface area contributed by atoms with Gasteiger partial charge in [-0.15, -0.1) is 6.58 Å². The van der Waals surface area contributed by atoms with Crippen molar-refractivity contribution in [1.82, 2.24) is 19.6 Å². The number of hydrogen-bond donors (Lipinski definition) is 0. The van der Waals surface area contributed by atoms with Crippen molar-refractivity contribution in [2.45, 2.75) is 52.2 Å². The molecule has 0 bridgehead atoms. The van der Waals surface area contributed by atoms with Gasteiger partial charge in [0.15, 0.2) is 0 Å². The second kappa shape index (κ2) is 7.58. The van der Waals surface area contributed by atoms with E-state index in [4.69, 9.17) is 0 Å². The first-order valence-electron chi connectivity index (χ1n) is 8.19. The van der Waals surface area contributed by atoms with Crippen LogP contribution in [0.5, 0.6) is 0 Å². The zero-order valence-electron chi connectivity index (χ0n) is 14.1. The Morgan fingerprint density at radius 2 is 2.23 bits per heavy atom. The fraction of sp³-hybridized carbons (Fsp3) is 0.647. The van der Waals surface area contributed by atoms with Gasteiger partial charge in [0.1, 0.15) is 0 Å². The van der Waals surface area contributed by atoms with E-state index < -0.39 is 0 Å². The van der Waals surface area contributed by atoms with E-state index >= 15 is 0 Å². The molecule has 1 aliphatic heterocycles. The van der Waals surface area contributed by atoms with E-state index in [0.29, 0.717) is 0 Å². The van der Waals surface area contributed by atoms with Crippen LogP contribution < -0.4 is 0 Å². The number of carbonyl (C=O) groups excluding carboxylic acids is 1. The summed E-state index contributed by atoms with van der Waals surface area (Å²) < 4.78 is 1.91. The van der Waals surface area contributed by atoms with Crippen LogP contribution in [0, 0.1) is 6.92 Å². The lowest BCUT2D eigenvalue weighted by atomic mass is 10.0. The minimum Gasteiger partial charge on any atom is -0.343 e. The number of aromatic nitrogens is 2. The largest absolute Gasteiger partial charge is 0.343 e. The molecule has 5 heteroatoms. The number of rotatable bonds is 7.